The van der Waals surface area contributed by atoms with Crippen LogP contribution in [0.25, 0.3) is 0 Å². The van der Waals surface area contributed by atoms with E-state index in [1.54, 1.807) is 0 Å². The highest BCUT2D eigenvalue weighted by Gasteiger charge is 2.23. The van der Waals surface area contributed by atoms with Crippen molar-refractivity contribution in [2.24, 2.45) is 12.0 Å². The van der Waals surface area contributed by atoms with Crippen LogP contribution in [0.1, 0.15) is 43.5 Å². The fourth-order valence-electron chi connectivity index (χ4n) is 2.92. The lowest BCUT2D eigenvalue weighted by Gasteiger charge is -2.29. The molecule has 2 aromatic rings. The third kappa shape index (κ3) is 6.24. The summed E-state index contributed by atoms with van der Waals surface area (Å²) in [6.45, 7) is 8.36. The van der Waals surface area contributed by atoms with E-state index in [9.17, 15) is 0 Å². The molecule has 0 amide bonds. The van der Waals surface area contributed by atoms with Gasteiger partial charge in [-0.25, -0.2) is 4.99 Å². The Kier molecular flexibility index (Phi) is 8.62. The normalized spacial score (nSPS) is 16.4. The van der Waals surface area contributed by atoms with Crippen LogP contribution in [0.5, 0.6) is 5.75 Å². The first-order valence-electron chi connectivity index (χ1n) is 9.56. The third-order valence-corrected chi connectivity index (χ3v) is 6.31. The molecule has 0 saturated carbocycles. The van der Waals surface area contributed by atoms with E-state index >= 15 is 0 Å². The number of rotatable bonds is 6. The Balaban J connectivity index is 0.00000300. The lowest BCUT2D eigenvalue weighted by Crippen LogP contribution is -2.45. The highest BCUT2D eigenvalue weighted by Crippen LogP contribution is 2.31. The minimum atomic E-state index is 0. The lowest BCUT2D eigenvalue weighted by atomic mass is 10.0. The Morgan fingerprint density at radius 2 is 2.10 bits per heavy atom. The molecule has 1 aliphatic rings. The second-order valence-corrected chi connectivity index (χ2v) is 9.09. The number of halogens is 1. The summed E-state index contributed by atoms with van der Waals surface area (Å²) in [6, 6.07) is 8.35. The Labute approximate surface area is 194 Å². The van der Waals surface area contributed by atoms with Gasteiger partial charge in [0.15, 0.2) is 11.8 Å². The molecule has 1 aromatic heterocycles. The van der Waals surface area contributed by atoms with Crippen LogP contribution in [-0.4, -0.2) is 44.9 Å². The molecule has 29 heavy (non-hydrogen) atoms. The first-order chi connectivity index (χ1) is 13.4. The highest BCUT2D eigenvalue weighted by molar-refractivity contribution is 14.0. The van der Waals surface area contributed by atoms with Crippen LogP contribution < -0.4 is 15.4 Å². The predicted molar refractivity (Wildman–Crippen MR) is 130 cm³/mol. The van der Waals surface area contributed by atoms with Gasteiger partial charge in [-0.3, -0.25) is 0 Å². The Morgan fingerprint density at radius 1 is 1.34 bits per heavy atom. The summed E-state index contributed by atoms with van der Waals surface area (Å²) in [7, 11) is 1.96. The molecule has 0 fully saturated rings. The number of guanidine groups is 1. The summed E-state index contributed by atoms with van der Waals surface area (Å²) in [5.41, 5.74) is 1.17. The summed E-state index contributed by atoms with van der Waals surface area (Å²) >= 11 is 1.83. The molecule has 1 aliphatic heterocycles. The van der Waals surface area contributed by atoms with Crippen LogP contribution >= 0.6 is 35.7 Å². The number of aliphatic imine (C=N–C) groups is 1. The van der Waals surface area contributed by atoms with Crippen molar-refractivity contribution in [2.45, 2.75) is 44.5 Å². The minimum absolute atomic E-state index is 0. The van der Waals surface area contributed by atoms with E-state index in [1.165, 1.54) is 5.56 Å². The molecule has 1 atom stereocenters. The fraction of sp³-hybridized carbons (Fsp3) is 0.550. The number of thioether (sulfide) groups is 1. The molecule has 1 unspecified atom stereocenters. The van der Waals surface area contributed by atoms with Gasteiger partial charge in [-0.2, -0.15) is 11.8 Å². The van der Waals surface area contributed by atoms with Gasteiger partial charge in [0.1, 0.15) is 18.1 Å². The zero-order chi connectivity index (χ0) is 20.1. The van der Waals surface area contributed by atoms with Gasteiger partial charge in [-0.1, -0.05) is 18.2 Å². The summed E-state index contributed by atoms with van der Waals surface area (Å²) < 4.78 is 7.87. The fourth-order valence-corrected chi connectivity index (χ4v) is 3.13. The van der Waals surface area contributed by atoms with Gasteiger partial charge in [0.25, 0.3) is 0 Å². The smallest absolute Gasteiger partial charge is 0.192 e. The van der Waals surface area contributed by atoms with Gasteiger partial charge < -0.3 is 19.9 Å². The molecule has 0 bridgehead atoms. The van der Waals surface area contributed by atoms with E-state index in [-0.39, 0.29) is 34.8 Å². The average molecular weight is 530 g/mol. The standard InChI is InChI=1S/C20H30N6OS.HI/c1-14-24-25-18(26(14)4)12-21-19(22-13-20(2,3)28-5)23-16-10-11-27-17-9-7-6-8-15(16)17;/h6-9,16H,10-13H2,1-5H3,(H2,21,22,23);1H. The van der Waals surface area contributed by atoms with Gasteiger partial charge in [0.2, 0.25) is 0 Å². The quantitative estimate of drug-likeness (QED) is 0.339. The van der Waals surface area contributed by atoms with Crippen LogP contribution in [0.2, 0.25) is 0 Å². The SMILES string of the molecule is CSC(C)(C)CNC(=NCc1nnc(C)n1C)NC1CCOc2ccccc21.I. The van der Waals surface area contributed by atoms with Gasteiger partial charge in [-0.05, 0) is 33.1 Å². The second-order valence-electron chi connectivity index (χ2n) is 7.58. The topological polar surface area (TPSA) is 76.4 Å². The molecule has 0 radical (unpaired) electrons. The number of fused-ring (bicyclic) bond motifs is 1. The van der Waals surface area contributed by atoms with Gasteiger partial charge >= 0.3 is 0 Å². The van der Waals surface area contributed by atoms with E-state index in [0.717, 1.165) is 36.3 Å². The highest BCUT2D eigenvalue weighted by atomic mass is 127. The van der Waals surface area contributed by atoms with E-state index in [2.05, 4.69) is 47.0 Å². The van der Waals surface area contributed by atoms with Crippen molar-refractivity contribution in [3.05, 3.63) is 41.5 Å². The molecule has 7 nitrogen and oxygen atoms in total. The Hall–Kier alpha value is -1.49. The zero-order valence-electron chi connectivity index (χ0n) is 17.7. The van der Waals surface area contributed by atoms with Crippen molar-refractivity contribution in [3.63, 3.8) is 0 Å². The van der Waals surface area contributed by atoms with Crippen molar-refractivity contribution < 1.29 is 4.74 Å². The number of aryl methyl sites for hydroxylation is 1. The van der Waals surface area contributed by atoms with Crippen LogP contribution in [0, 0.1) is 6.92 Å². The summed E-state index contributed by atoms with van der Waals surface area (Å²) in [6.07, 6.45) is 3.02. The summed E-state index contributed by atoms with van der Waals surface area (Å²) in [4.78, 5) is 4.79. The number of benzene rings is 1. The van der Waals surface area contributed by atoms with Gasteiger partial charge in [-0.15, -0.1) is 34.2 Å². The van der Waals surface area contributed by atoms with Crippen molar-refractivity contribution in [1.82, 2.24) is 25.4 Å². The number of aromatic nitrogens is 3. The van der Waals surface area contributed by atoms with E-state index in [4.69, 9.17) is 9.73 Å². The molecule has 1 aromatic carbocycles. The predicted octanol–water partition coefficient (Wildman–Crippen LogP) is 3.44. The Morgan fingerprint density at radius 3 is 2.79 bits per heavy atom. The van der Waals surface area contributed by atoms with Gasteiger partial charge in [0, 0.05) is 30.3 Å². The molecule has 0 spiro atoms. The number of para-hydroxylation sites is 1. The molecule has 160 valence electrons. The maximum atomic E-state index is 5.79. The largest absolute Gasteiger partial charge is 0.493 e. The monoisotopic (exact) mass is 530 g/mol. The first kappa shape index (κ1) is 23.8. The maximum absolute atomic E-state index is 5.79. The Bertz CT molecular complexity index is 838. The second kappa shape index (κ2) is 10.5. The number of hydrogen-bond acceptors (Lipinski definition) is 5. The molecular formula is C20H31IN6OS. The number of ether oxygens (including phenoxy) is 1. The molecule has 0 saturated heterocycles. The average Bonchev–Trinajstić information content (AvgIpc) is 3.02. The van der Waals surface area contributed by atoms with Crippen molar-refractivity contribution in [2.75, 3.05) is 19.4 Å². The van der Waals surface area contributed by atoms with Gasteiger partial charge in [0.05, 0.1) is 12.6 Å². The number of nitrogens with zero attached hydrogens (tertiary/aromatic N) is 4. The number of hydrogen-bond donors (Lipinski definition) is 2. The van der Waals surface area contributed by atoms with Crippen LogP contribution in [0.15, 0.2) is 29.3 Å². The zero-order valence-corrected chi connectivity index (χ0v) is 20.9. The number of nitrogens with one attached hydrogen (secondary N) is 2. The van der Waals surface area contributed by atoms with Crippen LogP contribution in [-0.2, 0) is 13.6 Å². The van der Waals surface area contributed by atoms with E-state index in [0.29, 0.717) is 13.2 Å². The lowest BCUT2D eigenvalue weighted by molar-refractivity contribution is 0.261. The minimum Gasteiger partial charge on any atom is -0.493 e. The summed E-state index contributed by atoms with van der Waals surface area (Å²) in [5.74, 6) is 3.45. The molecule has 2 N–H and O–H groups in total. The molecule has 9 heteroatoms. The van der Waals surface area contributed by atoms with Crippen molar-refractivity contribution in [1.29, 1.82) is 0 Å². The van der Waals surface area contributed by atoms with Crippen molar-refractivity contribution >= 4 is 41.7 Å². The first-order valence-corrected chi connectivity index (χ1v) is 10.8. The molecule has 0 aliphatic carbocycles. The van der Waals surface area contributed by atoms with E-state index in [1.807, 2.05) is 48.5 Å². The van der Waals surface area contributed by atoms with E-state index < -0.39 is 0 Å². The molecular weight excluding hydrogens is 499 g/mol. The van der Waals surface area contributed by atoms with Crippen LogP contribution in [0.3, 0.4) is 0 Å². The summed E-state index contributed by atoms with van der Waals surface area (Å²) in [5, 5.41) is 15.4. The van der Waals surface area contributed by atoms with Crippen LogP contribution in [0.4, 0.5) is 0 Å². The molecule has 2 heterocycles. The third-order valence-electron chi connectivity index (χ3n) is 5.06. The van der Waals surface area contributed by atoms with Crippen molar-refractivity contribution in [3.8, 4) is 5.75 Å². The maximum Gasteiger partial charge on any atom is 0.192 e. The molecule has 3 rings (SSSR count).